The molecule has 6 nitrogen and oxygen atoms in total. The van der Waals surface area contributed by atoms with Crippen LogP contribution in [0.3, 0.4) is 0 Å². The quantitative estimate of drug-likeness (QED) is 0.539. The summed E-state index contributed by atoms with van der Waals surface area (Å²) in [7, 11) is 0. The van der Waals surface area contributed by atoms with E-state index in [1.54, 1.807) is 12.4 Å². The average molecular weight is 293 g/mol. The lowest BCUT2D eigenvalue weighted by atomic mass is 10.1. The Morgan fingerprint density at radius 3 is 2.36 bits per heavy atom. The maximum absolute atomic E-state index is 10.6. The summed E-state index contributed by atoms with van der Waals surface area (Å²) >= 11 is 0. The summed E-state index contributed by atoms with van der Waals surface area (Å²) in [4.78, 5) is 18.0. The Kier molecular flexibility index (Phi) is 3.74. The molecule has 3 rings (SSSR count). The summed E-state index contributed by atoms with van der Waals surface area (Å²) in [6.45, 7) is 0. The topological polar surface area (TPSA) is 78.2 Å². The lowest BCUT2D eigenvalue weighted by Crippen LogP contribution is -1.91. The fourth-order valence-electron chi connectivity index (χ4n) is 1.91. The van der Waals surface area contributed by atoms with Gasteiger partial charge in [0.1, 0.15) is 11.9 Å². The number of pyridine rings is 2. The molecular formula is C16H11N3O3. The molecule has 2 aromatic heterocycles. The van der Waals surface area contributed by atoms with Gasteiger partial charge in [0, 0.05) is 24.5 Å². The van der Waals surface area contributed by atoms with Crippen molar-refractivity contribution in [3.63, 3.8) is 0 Å². The minimum atomic E-state index is -0.501. The number of ether oxygens (including phenoxy) is 1. The first-order chi connectivity index (χ1) is 10.7. The van der Waals surface area contributed by atoms with E-state index in [1.165, 1.54) is 18.3 Å². The van der Waals surface area contributed by atoms with E-state index in [9.17, 15) is 10.1 Å². The van der Waals surface area contributed by atoms with Gasteiger partial charge in [0.25, 0.3) is 5.69 Å². The third-order valence-electron chi connectivity index (χ3n) is 3.00. The Hall–Kier alpha value is -3.28. The highest BCUT2D eigenvalue weighted by molar-refractivity contribution is 5.63. The van der Waals surface area contributed by atoms with Crippen molar-refractivity contribution in [1.29, 1.82) is 0 Å². The molecule has 0 aliphatic carbocycles. The fraction of sp³-hybridized carbons (Fsp3) is 0. The van der Waals surface area contributed by atoms with E-state index in [0.717, 1.165) is 11.1 Å². The van der Waals surface area contributed by atoms with E-state index in [4.69, 9.17) is 4.74 Å². The zero-order valence-corrected chi connectivity index (χ0v) is 11.4. The van der Waals surface area contributed by atoms with Gasteiger partial charge in [-0.05, 0) is 29.3 Å². The van der Waals surface area contributed by atoms with Crippen molar-refractivity contribution in [3.8, 4) is 22.8 Å². The molecule has 0 N–H and O–H groups in total. The van der Waals surface area contributed by atoms with Crippen molar-refractivity contribution in [3.05, 3.63) is 77.2 Å². The number of rotatable bonds is 4. The molecule has 22 heavy (non-hydrogen) atoms. The number of hydrogen-bond donors (Lipinski definition) is 0. The van der Waals surface area contributed by atoms with Crippen LogP contribution in [0.2, 0.25) is 0 Å². The molecule has 0 aliphatic rings. The molecule has 0 amide bonds. The van der Waals surface area contributed by atoms with Crippen molar-refractivity contribution in [2.45, 2.75) is 0 Å². The molecule has 0 saturated heterocycles. The molecule has 0 radical (unpaired) electrons. The standard InChI is InChI=1S/C16H11N3O3/c20-19(21)14-5-8-16(18-11-14)22-15-6-3-12(4-7-15)13-2-1-9-17-10-13/h1-11H. The second-order valence-corrected chi connectivity index (χ2v) is 4.48. The summed E-state index contributed by atoms with van der Waals surface area (Å²) < 4.78 is 5.55. The molecule has 0 aliphatic heterocycles. The molecule has 0 fully saturated rings. The molecule has 0 saturated carbocycles. The molecule has 0 spiro atoms. The van der Waals surface area contributed by atoms with Gasteiger partial charge in [-0.2, -0.15) is 0 Å². The Morgan fingerprint density at radius 2 is 1.77 bits per heavy atom. The second kappa shape index (κ2) is 6.01. The highest BCUT2D eigenvalue weighted by Crippen LogP contribution is 2.25. The van der Waals surface area contributed by atoms with Crippen LogP contribution in [0, 0.1) is 10.1 Å². The van der Waals surface area contributed by atoms with Gasteiger partial charge in [-0.1, -0.05) is 18.2 Å². The smallest absolute Gasteiger partial charge is 0.287 e. The summed E-state index contributed by atoms with van der Waals surface area (Å²) in [6.07, 6.45) is 4.67. The number of benzene rings is 1. The molecule has 2 heterocycles. The van der Waals surface area contributed by atoms with E-state index in [-0.39, 0.29) is 5.69 Å². The highest BCUT2D eigenvalue weighted by atomic mass is 16.6. The predicted molar refractivity (Wildman–Crippen MR) is 80.6 cm³/mol. The first-order valence-corrected chi connectivity index (χ1v) is 6.51. The number of hydrogen-bond acceptors (Lipinski definition) is 5. The minimum Gasteiger partial charge on any atom is -0.439 e. The largest absolute Gasteiger partial charge is 0.439 e. The van der Waals surface area contributed by atoms with Gasteiger partial charge in [0.2, 0.25) is 5.88 Å². The van der Waals surface area contributed by atoms with Crippen LogP contribution in [0.15, 0.2) is 67.1 Å². The van der Waals surface area contributed by atoms with E-state index in [0.29, 0.717) is 11.6 Å². The van der Waals surface area contributed by atoms with Crippen LogP contribution in [0.5, 0.6) is 11.6 Å². The lowest BCUT2D eigenvalue weighted by Gasteiger charge is -2.06. The summed E-state index contributed by atoms with van der Waals surface area (Å²) in [5.41, 5.74) is 1.97. The van der Waals surface area contributed by atoms with Gasteiger partial charge in [-0.25, -0.2) is 4.98 Å². The van der Waals surface area contributed by atoms with E-state index in [2.05, 4.69) is 9.97 Å². The fourth-order valence-corrected chi connectivity index (χ4v) is 1.91. The van der Waals surface area contributed by atoms with Crippen molar-refractivity contribution >= 4 is 5.69 Å². The van der Waals surface area contributed by atoms with Crippen LogP contribution in [-0.2, 0) is 0 Å². The number of nitro groups is 1. The SMILES string of the molecule is O=[N+]([O-])c1ccc(Oc2ccc(-c3cccnc3)cc2)nc1. The Balaban J connectivity index is 1.75. The van der Waals surface area contributed by atoms with Gasteiger partial charge < -0.3 is 4.74 Å². The second-order valence-electron chi connectivity index (χ2n) is 4.48. The first-order valence-electron chi connectivity index (χ1n) is 6.51. The zero-order valence-electron chi connectivity index (χ0n) is 11.4. The average Bonchev–Trinajstić information content (AvgIpc) is 2.57. The molecule has 0 unspecified atom stereocenters. The monoisotopic (exact) mass is 293 g/mol. The van der Waals surface area contributed by atoms with Gasteiger partial charge in [0.05, 0.1) is 4.92 Å². The normalized spacial score (nSPS) is 10.2. The molecular weight excluding hydrogens is 282 g/mol. The van der Waals surface area contributed by atoms with Crippen LogP contribution in [0.25, 0.3) is 11.1 Å². The minimum absolute atomic E-state index is 0.0701. The Bertz CT molecular complexity index is 772. The third-order valence-corrected chi connectivity index (χ3v) is 3.00. The van der Waals surface area contributed by atoms with Crippen LogP contribution >= 0.6 is 0 Å². The number of aromatic nitrogens is 2. The van der Waals surface area contributed by atoms with Crippen molar-refractivity contribution < 1.29 is 9.66 Å². The van der Waals surface area contributed by atoms with E-state index >= 15 is 0 Å². The van der Waals surface area contributed by atoms with Crippen molar-refractivity contribution in [1.82, 2.24) is 9.97 Å². The summed E-state index contributed by atoms with van der Waals surface area (Å²) in [5, 5.41) is 10.6. The van der Waals surface area contributed by atoms with Gasteiger partial charge in [-0.15, -0.1) is 0 Å². The Morgan fingerprint density at radius 1 is 0.955 bits per heavy atom. The molecule has 0 atom stereocenters. The van der Waals surface area contributed by atoms with Crippen LogP contribution in [-0.4, -0.2) is 14.9 Å². The summed E-state index contributed by atoms with van der Waals surface area (Å²) in [5.74, 6) is 0.911. The zero-order chi connectivity index (χ0) is 15.4. The van der Waals surface area contributed by atoms with Crippen LogP contribution in [0.4, 0.5) is 5.69 Å². The predicted octanol–water partition coefficient (Wildman–Crippen LogP) is 3.84. The lowest BCUT2D eigenvalue weighted by molar-refractivity contribution is -0.385. The van der Waals surface area contributed by atoms with Crippen LogP contribution < -0.4 is 4.74 Å². The molecule has 1 aromatic carbocycles. The molecule has 0 bridgehead atoms. The highest BCUT2D eigenvalue weighted by Gasteiger charge is 2.06. The van der Waals surface area contributed by atoms with Gasteiger partial charge in [-0.3, -0.25) is 15.1 Å². The van der Waals surface area contributed by atoms with Crippen molar-refractivity contribution in [2.24, 2.45) is 0 Å². The summed E-state index contributed by atoms with van der Waals surface area (Å²) in [6, 6.07) is 14.1. The third kappa shape index (κ3) is 3.06. The molecule has 108 valence electrons. The maximum atomic E-state index is 10.6. The number of nitrogens with zero attached hydrogens (tertiary/aromatic N) is 3. The van der Waals surface area contributed by atoms with Crippen molar-refractivity contribution in [2.75, 3.05) is 0 Å². The van der Waals surface area contributed by atoms with Gasteiger partial charge >= 0.3 is 0 Å². The van der Waals surface area contributed by atoms with E-state index in [1.807, 2.05) is 36.4 Å². The van der Waals surface area contributed by atoms with Crippen LogP contribution in [0.1, 0.15) is 0 Å². The Labute approximate surface area is 126 Å². The first kappa shape index (κ1) is 13.7. The van der Waals surface area contributed by atoms with Gasteiger partial charge in [0.15, 0.2) is 0 Å². The van der Waals surface area contributed by atoms with E-state index < -0.39 is 4.92 Å². The molecule has 3 aromatic rings. The maximum Gasteiger partial charge on any atom is 0.287 e. The molecule has 6 heteroatoms.